The minimum absolute atomic E-state index is 0.247. The number of piperidine rings is 1. The third-order valence-corrected chi connectivity index (χ3v) is 3.70. The van der Waals surface area contributed by atoms with E-state index in [0.717, 1.165) is 24.8 Å². The van der Waals surface area contributed by atoms with E-state index >= 15 is 0 Å². The van der Waals surface area contributed by atoms with Gasteiger partial charge in [0.1, 0.15) is 0 Å². The Balaban J connectivity index is 2.44. The van der Waals surface area contributed by atoms with Crippen LogP contribution in [0.25, 0.3) is 0 Å². The molecule has 0 aliphatic carbocycles. The molecule has 0 aromatic carbocycles. The molecule has 1 heterocycles. The molecule has 0 aromatic rings. The Morgan fingerprint density at radius 2 is 2.38 bits per heavy atom. The van der Waals surface area contributed by atoms with Crippen molar-refractivity contribution in [3.05, 3.63) is 0 Å². The standard InChI is InChI=1S/C10H18BrNO/c1-8(6-11)7-12-5-3-4-9(2)10(12)13/h8-9H,3-7H2,1-2H3. The number of alkyl halides is 1. The van der Waals surface area contributed by atoms with Gasteiger partial charge in [-0.2, -0.15) is 0 Å². The molecule has 0 saturated carbocycles. The molecule has 1 aliphatic heterocycles. The second kappa shape index (κ2) is 4.99. The first-order valence-electron chi connectivity index (χ1n) is 5.00. The third-order valence-electron chi connectivity index (χ3n) is 2.59. The Morgan fingerprint density at radius 3 is 3.00 bits per heavy atom. The molecule has 2 atom stereocenters. The summed E-state index contributed by atoms with van der Waals surface area (Å²) < 4.78 is 0. The van der Waals surface area contributed by atoms with Gasteiger partial charge in [0.25, 0.3) is 0 Å². The van der Waals surface area contributed by atoms with Gasteiger partial charge in [0.05, 0.1) is 0 Å². The van der Waals surface area contributed by atoms with E-state index in [1.807, 2.05) is 11.8 Å². The summed E-state index contributed by atoms with van der Waals surface area (Å²) in [5.41, 5.74) is 0. The summed E-state index contributed by atoms with van der Waals surface area (Å²) in [5.74, 6) is 1.16. The first-order valence-corrected chi connectivity index (χ1v) is 6.12. The predicted molar refractivity (Wildman–Crippen MR) is 57.9 cm³/mol. The summed E-state index contributed by atoms with van der Waals surface area (Å²) in [6, 6.07) is 0. The van der Waals surface area contributed by atoms with Crippen molar-refractivity contribution in [3.8, 4) is 0 Å². The maximum absolute atomic E-state index is 11.7. The molecule has 0 bridgehead atoms. The number of carbonyl (C=O) groups is 1. The van der Waals surface area contributed by atoms with Crippen LogP contribution in [0.3, 0.4) is 0 Å². The molecule has 0 radical (unpaired) electrons. The van der Waals surface area contributed by atoms with Gasteiger partial charge in [-0.1, -0.05) is 29.8 Å². The summed E-state index contributed by atoms with van der Waals surface area (Å²) in [5, 5.41) is 0.977. The number of rotatable bonds is 3. The molecule has 1 rings (SSSR count). The molecule has 1 aliphatic rings. The maximum atomic E-state index is 11.7. The maximum Gasteiger partial charge on any atom is 0.225 e. The fourth-order valence-electron chi connectivity index (χ4n) is 1.74. The number of likely N-dealkylation sites (tertiary alicyclic amines) is 1. The van der Waals surface area contributed by atoms with Gasteiger partial charge >= 0.3 is 0 Å². The topological polar surface area (TPSA) is 20.3 Å². The van der Waals surface area contributed by atoms with Crippen LogP contribution in [-0.2, 0) is 4.79 Å². The summed E-state index contributed by atoms with van der Waals surface area (Å²) >= 11 is 3.44. The molecule has 0 aromatic heterocycles. The van der Waals surface area contributed by atoms with Gasteiger partial charge < -0.3 is 4.90 Å². The normalized spacial score (nSPS) is 26.2. The first-order chi connectivity index (χ1) is 6.15. The van der Waals surface area contributed by atoms with Crippen molar-refractivity contribution in [2.24, 2.45) is 11.8 Å². The van der Waals surface area contributed by atoms with Gasteiger partial charge in [0.2, 0.25) is 5.91 Å². The van der Waals surface area contributed by atoms with Crippen LogP contribution in [-0.4, -0.2) is 29.2 Å². The van der Waals surface area contributed by atoms with E-state index in [9.17, 15) is 4.79 Å². The minimum Gasteiger partial charge on any atom is -0.342 e. The lowest BCUT2D eigenvalue weighted by Crippen LogP contribution is -2.42. The number of halogens is 1. The smallest absolute Gasteiger partial charge is 0.225 e. The van der Waals surface area contributed by atoms with Gasteiger partial charge in [-0.25, -0.2) is 0 Å². The Morgan fingerprint density at radius 1 is 1.69 bits per heavy atom. The van der Waals surface area contributed by atoms with Crippen LogP contribution in [0, 0.1) is 11.8 Å². The molecule has 1 saturated heterocycles. The van der Waals surface area contributed by atoms with Gasteiger partial charge in [-0.3, -0.25) is 4.79 Å². The van der Waals surface area contributed by atoms with Crippen LogP contribution in [0.1, 0.15) is 26.7 Å². The van der Waals surface area contributed by atoms with Crippen LogP contribution in [0.5, 0.6) is 0 Å². The highest BCUT2D eigenvalue weighted by Crippen LogP contribution is 2.18. The number of amides is 1. The summed E-state index contributed by atoms with van der Waals surface area (Å²) in [6.45, 7) is 6.07. The minimum atomic E-state index is 0.247. The second-order valence-corrected chi connectivity index (χ2v) is 4.73. The zero-order chi connectivity index (χ0) is 9.84. The average molecular weight is 248 g/mol. The van der Waals surface area contributed by atoms with Crippen molar-refractivity contribution >= 4 is 21.8 Å². The highest BCUT2D eigenvalue weighted by atomic mass is 79.9. The molecule has 0 N–H and O–H groups in total. The molecular weight excluding hydrogens is 230 g/mol. The van der Waals surface area contributed by atoms with Crippen molar-refractivity contribution in [3.63, 3.8) is 0 Å². The Bertz CT molecular complexity index is 184. The highest BCUT2D eigenvalue weighted by molar-refractivity contribution is 9.09. The third kappa shape index (κ3) is 2.97. The monoisotopic (exact) mass is 247 g/mol. The summed E-state index contributed by atoms with van der Waals surface area (Å²) in [4.78, 5) is 13.7. The zero-order valence-corrected chi connectivity index (χ0v) is 10.0. The molecule has 0 spiro atoms. The van der Waals surface area contributed by atoms with E-state index in [-0.39, 0.29) is 5.92 Å². The molecular formula is C10H18BrNO. The predicted octanol–water partition coefficient (Wildman–Crippen LogP) is 2.28. The van der Waals surface area contributed by atoms with Crippen LogP contribution in [0.2, 0.25) is 0 Å². The molecule has 13 heavy (non-hydrogen) atoms. The Hall–Kier alpha value is -0.0500. The Kier molecular flexibility index (Phi) is 4.23. The van der Waals surface area contributed by atoms with Crippen LogP contribution < -0.4 is 0 Å². The van der Waals surface area contributed by atoms with E-state index in [1.165, 1.54) is 6.42 Å². The van der Waals surface area contributed by atoms with E-state index < -0.39 is 0 Å². The van der Waals surface area contributed by atoms with Crippen LogP contribution in [0.15, 0.2) is 0 Å². The van der Waals surface area contributed by atoms with Gasteiger partial charge in [0, 0.05) is 24.3 Å². The van der Waals surface area contributed by atoms with Crippen molar-refractivity contribution in [1.82, 2.24) is 4.90 Å². The number of hydrogen-bond acceptors (Lipinski definition) is 1. The average Bonchev–Trinajstić information content (AvgIpc) is 2.13. The van der Waals surface area contributed by atoms with E-state index in [4.69, 9.17) is 0 Å². The molecule has 76 valence electrons. The van der Waals surface area contributed by atoms with Gasteiger partial charge in [-0.05, 0) is 18.8 Å². The lowest BCUT2D eigenvalue weighted by molar-refractivity contribution is -0.138. The molecule has 3 heteroatoms. The van der Waals surface area contributed by atoms with Gasteiger partial charge in [-0.15, -0.1) is 0 Å². The number of nitrogens with zero attached hydrogens (tertiary/aromatic N) is 1. The van der Waals surface area contributed by atoms with E-state index in [2.05, 4.69) is 22.9 Å². The van der Waals surface area contributed by atoms with Crippen molar-refractivity contribution in [2.45, 2.75) is 26.7 Å². The molecule has 2 nitrogen and oxygen atoms in total. The summed E-state index contributed by atoms with van der Waals surface area (Å²) in [6.07, 6.45) is 2.24. The van der Waals surface area contributed by atoms with E-state index in [0.29, 0.717) is 11.8 Å². The van der Waals surface area contributed by atoms with Gasteiger partial charge in [0.15, 0.2) is 0 Å². The number of carbonyl (C=O) groups excluding carboxylic acids is 1. The first kappa shape index (κ1) is 11.0. The molecule has 2 unspecified atom stereocenters. The molecule has 1 fully saturated rings. The second-order valence-electron chi connectivity index (χ2n) is 4.09. The SMILES string of the molecule is CC(CBr)CN1CCCC(C)C1=O. The van der Waals surface area contributed by atoms with Crippen molar-refractivity contribution < 1.29 is 4.79 Å². The van der Waals surface area contributed by atoms with Crippen LogP contribution in [0.4, 0.5) is 0 Å². The zero-order valence-electron chi connectivity index (χ0n) is 8.42. The van der Waals surface area contributed by atoms with E-state index in [1.54, 1.807) is 0 Å². The lowest BCUT2D eigenvalue weighted by atomic mass is 9.98. The quantitative estimate of drug-likeness (QED) is 0.701. The molecule has 1 amide bonds. The largest absolute Gasteiger partial charge is 0.342 e. The van der Waals surface area contributed by atoms with Crippen molar-refractivity contribution in [2.75, 3.05) is 18.4 Å². The fraction of sp³-hybridized carbons (Fsp3) is 0.900. The Labute approximate surface area is 88.8 Å². The highest BCUT2D eigenvalue weighted by Gasteiger charge is 2.25. The van der Waals surface area contributed by atoms with Crippen LogP contribution >= 0.6 is 15.9 Å². The fourth-order valence-corrected chi connectivity index (χ4v) is 1.94. The lowest BCUT2D eigenvalue weighted by Gasteiger charge is -2.32. The van der Waals surface area contributed by atoms with Crippen molar-refractivity contribution in [1.29, 1.82) is 0 Å². The number of hydrogen-bond donors (Lipinski definition) is 0. The summed E-state index contributed by atoms with van der Waals surface area (Å²) in [7, 11) is 0.